The number of rotatable bonds is 4. The zero-order chi connectivity index (χ0) is 13.0. The SMILES string of the molecule is CC(C)(ON)C1CCCN(Cc2ccccc2)C1. The molecule has 0 saturated carbocycles. The van der Waals surface area contributed by atoms with Gasteiger partial charge < -0.3 is 0 Å². The first-order chi connectivity index (χ1) is 8.62. The van der Waals surface area contributed by atoms with Crippen LogP contribution in [0, 0.1) is 5.92 Å². The maximum absolute atomic E-state index is 5.42. The van der Waals surface area contributed by atoms with E-state index in [1.807, 2.05) is 0 Å². The molecule has 0 aliphatic carbocycles. The summed E-state index contributed by atoms with van der Waals surface area (Å²) in [5, 5.41) is 0. The summed E-state index contributed by atoms with van der Waals surface area (Å²) in [4.78, 5) is 7.65. The van der Waals surface area contributed by atoms with Gasteiger partial charge in [0, 0.05) is 19.0 Å². The Morgan fingerprint density at radius 2 is 2.06 bits per heavy atom. The van der Waals surface area contributed by atoms with Crippen molar-refractivity contribution in [3.8, 4) is 0 Å². The lowest BCUT2D eigenvalue weighted by atomic mass is 9.84. The van der Waals surface area contributed by atoms with E-state index < -0.39 is 0 Å². The molecule has 1 saturated heterocycles. The predicted octanol–water partition coefficient (Wildman–Crippen LogP) is 2.57. The first-order valence-electron chi connectivity index (χ1n) is 6.76. The van der Waals surface area contributed by atoms with Crippen LogP contribution in [0.2, 0.25) is 0 Å². The van der Waals surface area contributed by atoms with Crippen LogP contribution in [0.1, 0.15) is 32.3 Å². The molecule has 1 atom stereocenters. The van der Waals surface area contributed by atoms with Crippen molar-refractivity contribution in [1.29, 1.82) is 0 Å². The lowest BCUT2D eigenvalue weighted by molar-refractivity contribution is -0.0826. The Labute approximate surface area is 110 Å². The number of likely N-dealkylation sites (tertiary alicyclic amines) is 1. The van der Waals surface area contributed by atoms with Gasteiger partial charge in [-0.1, -0.05) is 30.3 Å². The standard InChI is InChI=1S/C15H24N2O/c1-15(2,18-16)14-9-6-10-17(12-14)11-13-7-4-3-5-8-13/h3-5,7-8,14H,6,9-12,16H2,1-2H3. The highest BCUT2D eigenvalue weighted by molar-refractivity contribution is 5.14. The summed E-state index contributed by atoms with van der Waals surface area (Å²) in [7, 11) is 0. The quantitative estimate of drug-likeness (QED) is 0.832. The predicted molar refractivity (Wildman–Crippen MR) is 73.8 cm³/mol. The average molecular weight is 248 g/mol. The van der Waals surface area contributed by atoms with Crippen molar-refractivity contribution in [3.63, 3.8) is 0 Å². The fourth-order valence-corrected chi connectivity index (χ4v) is 2.70. The van der Waals surface area contributed by atoms with Crippen molar-refractivity contribution in [2.24, 2.45) is 11.8 Å². The summed E-state index contributed by atoms with van der Waals surface area (Å²) in [5.74, 6) is 5.93. The van der Waals surface area contributed by atoms with Gasteiger partial charge in [-0.25, -0.2) is 5.90 Å². The van der Waals surface area contributed by atoms with E-state index in [4.69, 9.17) is 10.7 Å². The molecule has 100 valence electrons. The number of piperidine rings is 1. The van der Waals surface area contributed by atoms with Crippen LogP contribution in [-0.4, -0.2) is 23.6 Å². The Kier molecular flexibility index (Phi) is 4.38. The lowest BCUT2D eigenvalue weighted by Gasteiger charge is -2.40. The van der Waals surface area contributed by atoms with E-state index in [1.165, 1.54) is 24.9 Å². The van der Waals surface area contributed by atoms with Crippen molar-refractivity contribution in [1.82, 2.24) is 4.90 Å². The van der Waals surface area contributed by atoms with Crippen molar-refractivity contribution in [2.75, 3.05) is 13.1 Å². The van der Waals surface area contributed by atoms with Crippen molar-refractivity contribution < 1.29 is 4.84 Å². The zero-order valence-corrected chi connectivity index (χ0v) is 11.4. The third kappa shape index (κ3) is 3.31. The summed E-state index contributed by atoms with van der Waals surface area (Å²) < 4.78 is 0. The third-order valence-electron chi connectivity index (χ3n) is 4.04. The molecule has 1 aliphatic rings. The van der Waals surface area contributed by atoms with Gasteiger partial charge >= 0.3 is 0 Å². The van der Waals surface area contributed by atoms with Gasteiger partial charge in [-0.3, -0.25) is 9.74 Å². The van der Waals surface area contributed by atoms with Crippen molar-refractivity contribution in [2.45, 2.75) is 38.8 Å². The fourth-order valence-electron chi connectivity index (χ4n) is 2.70. The molecule has 1 aliphatic heterocycles. The normalized spacial score (nSPS) is 22.1. The summed E-state index contributed by atoms with van der Waals surface area (Å²) in [6.45, 7) is 7.44. The third-order valence-corrected chi connectivity index (χ3v) is 4.04. The minimum Gasteiger partial charge on any atom is -0.299 e. The van der Waals surface area contributed by atoms with Gasteiger partial charge in [0.05, 0.1) is 5.60 Å². The van der Waals surface area contributed by atoms with Gasteiger partial charge in [0.1, 0.15) is 0 Å². The number of hydrogen-bond acceptors (Lipinski definition) is 3. The van der Waals surface area contributed by atoms with Crippen LogP contribution >= 0.6 is 0 Å². The summed E-state index contributed by atoms with van der Waals surface area (Å²) >= 11 is 0. The second-order valence-electron chi connectivity index (χ2n) is 5.78. The lowest BCUT2D eigenvalue weighted by Crippen LogP contribution is -2.46. The summed E-state index contributed by atoms with van der Waals surface area (Å²) in [6, 6.07) is 10.6. The van der Waals surface area contributed by atoms with E-state index in [0.717, 1.165) is 13.1 Å². The molecule has 18 heavy (non-hydrogen) atoms. The van der Waals surface area contributed by atoms with Gasteiger partial charge in [-0.05, 0) is 38.8 Å². The van der Waals surface area contributed by atoms with Gasteiger partial charge in [0.2, 0.25) is 0 Å². The Morgan fingerprint density at radius 3 is 2.72 bits per heavy atom. The molecule has 2 N–H and O–H groups in total. The molecule has 0 bridgehead atoms. The van der Waals surface area contributed by atoms with Crippen molar-refractivity contribution >= 4 is 0 Å². The van der Waals surface area contributed by atoms with Crippen LogP contribution in [0.25, 0.3) is 0 Å². The van der Waals surface area contributed by atoms with Gasteiger partial charge in [-0.15, -0.1) is 0 Å². The molecule has 0 amide bonds. The molecule has 0 aromatic heterocycles. The molecular weight excluding hydrogens is 224 g/mol. The first kappa shape index (κ1) is 13.5. The van der Waals surface area contributed by atoms with E-state index in [-0.39, 0.29) is 5.60 Å². The molecule has 3 nitrogen and oxygen atoms in total. The van der Waals surface area contributed by atoms with Crippen LogP contribution in [0.15, 0.2) is 30.3 Å². The van der Waals surface area contributed by atoms with Gasteiger partial charge in [0.25, 0.3) is 0 Å². The Morgan fingerprint density at radius 1 is 1.33 bits per heavy atom. The molecule has 0 spiro atoms. The summed E-state index contributed by atoms with van der Waals surface area (Å²) in [6.07, 6.45) is 2.43. The van der Waals surface area contributed by atoms with E-state index in [1.54, 1.807) is 0 Å². The molecule has 3 heteroatoms. The van der Waals surface area contributed by atoms with Crippen LogP contribution in [0.4, 0.5) is 0 Å². The van der Waals surface area contributed by atoms with Gasteiger partial charge in [0.15, 0.2) is 0 Å². The molecular formula is C15H24N2O. The average Bonchev–Trinajstić information content (AvgIpc) is 2.40. The molecule has 1 unspecified atom stereocenters. The van der Waals surface area contributed by atoms with E-state index in [9.17, 15) is 0 Å². The highest BCUT2D eigenvalue weighted by Gasteiger charge is 2.33. The Bertz CT molecular complexity index is 364. The highest BCUT2D eigenvalue weighted by atomic mass is 16.6. The smallest absolute Gasteiger partial charge is 0.0878 e. The van der Waals surface area contributed by atoms with E-state index in [2.05, 4.69) is 49.1 Å². The van der Waals surface area contributed by atoms with E-state index in [0.29, 0.717) is 5.92 Å². The largest absolute Gasteiger partial charge is 0.299 e. The number of nitrogens with zero attached hydrogens (tertiary/aromatic N) is 1. The number of benzene rings is 1. The van der Waals surface area contributed by atoms with Crippen LogP contribution < -0.4 is 5.90 Å². The van der Waals surface area contributed by atoms with Crippen LogP contribution in [-0.2, 0) is 11.4 Å². The number of nitrogens with two attached hydrogens (primary N) is 1. The molecule has 1 fully saturated rings. The minimum absolute atomic E-state index is 0.227. The monoisotopic (exact) mass is 248 g/mol. The molecule has 1 aromatic rings. The van der Waals surface area contributed by atoms with E-state index >= 15 is 0 Å². The fraction of sp³-hybridized carbons (Fsp3) is 0.600. The first-order valence-corrected chi connectivity index (χ1v) is 6.76. The topological polar surface area (TPSA) is 38.5 Å². The zero-order valence-electron chi connectivity index (χ0n) is 11.4. The Hall–Kier alpha value is -0.900. The summed E-state index contributed by atoms with van der Waals surface area (Å²) in [5.41, 5.74) is 1.15. The highest BCUT2D eigenvalue weighted by Crippen LogP contribution is 2.29. The molecule has 0 radical (unpaired) electrons. The van der Waals surface area contributed by atoms with Crippen LogP contribution in [0.5, 0.6) is 0 Å². The van der Waals surface area contributed by atoms with Crippen molar-refractivity contribution in [3.05, 3.63) is 35.9 Å². The molecule has 1 heterocycles. The Balaban J connectivity index is 1.95. The molecule has 1 aromatic carbocycles. The van der Waals surface area contributed by atoms with Crippen LogP contribution in [0.3, 0.4) is 0 Å². The maximum Gasteiger partial charge on any atom is 0.0878 e. The second-order valence-corrected chi connectivity index (χ2v) is 5.78. The minimum atomic E-state index is -0.227. The molecule has 2 rings (SSSR count). The number of hydrogen-bond donors (Lipinski definition) is 1. The van der Waals surface area contributed by atoms with Gasteiger partial charge in [-0.2, -0.15) is 0 Å². The second kappa shape index (κ2) is 5.83. The maximum atomic E-state index is 5.42.